The van der Waals surface area contributed by atoms with E-state index in [9.17, 15) is 15.0 Å². The van der Waals surface area contributed by atoms with E-state index in [4.69, 9.17) is 4.74 Å². The Hall–Kier alpha value is -3.28. The summed E-state index contributed by atoms with van der Waals surface area (Å²) in [6, 6.07) is 8.96. The average molecular weight is 366 g/mol. The van der Waals surface area contributed by atoms with Crippen molar-refractivity contribution < 1.29 is 19.7 Å². The van der Waals surface area contributed by atoms with Crippen molar-refractivity contribution in [3.05, 3.63) is 64.3 Å². The molecule has 0 bridgehead atoms. The van der Waals surface area contributed by atoms with Gasteiger partial charge in [-0.05, 0) is 57.5 Å². The van der Waals surface area contributed by atoms with Crippen LogP contribution in [0.3, 0.4) is 0 Å². The lowest BCUT2D eigenvalue weighted by Gasteiger charge is -2.10. The number of phenols is 1. The first-order chi connectivity index (χ1) is 12.8. The van der Waals surface area contributed by atoms with Crippen molar-refractivity contribution in [3.8, 4) is 11.4 Å². The van der Waals surface area contributed by atoms with Gasteiger partial charge in [0, 0.05) is 23.1 Å². The van der Waals surface area contributed by atoms with E-state index in [1.165, 1.54) is 0 Å². The van der Waals surface area contributed by atoms with Gasteiger partial charge < -0.3 is 19.5 Å². The average Bonchev–Trinajstić information content (AvgIpc) is 3.03. The van der Waals surface area contributed by atoms with Crippen LogP contribution in [0.1, 0.15) is 30.8 Å². The number of aryl methyl sites for hydroxylation is 1. The van der Waals surface area contributed by atoms with E-state index in [0.717, 1.165) is 22.6 Å². The minimum atomic E-state index is -0.579. The van der Waals surface area contributed by atoms with Crippen molar-refractivity contribution in [1.82, 2.24) is 4.57 Å². The minimum absolute atomic E-state index is 0.102. The number of aromatic nitrogens is 1. The first-order valence-corrected chi connectivity index (χ1v) is 8.70. The Bertz CT molecular complexity index is 1010. The highest BCUT2D eigenvalue weighted by Crippen LogP contribution is 2.29. The molecule has 27 heavy (non-hydrogen) atoms. The monoisotopic (exact) mass is 366 g/mol. The third-order valence-electron chi connectivity index (χ3n) is 4.46. The molecule has 0 amide bonds. The number of nitrogens with zero attached hydrogens (tertiary/aromatic N) is 2. The van der Waals surface area contributed by atoms with E-state index in [0.29, 0.717) is 11.4 Å². The number of aliphatic hydroxyl groups excluding tert-OH is 1. The second-order valence-corrected chi connectivity index (χ2v) is 6.35. The number of carbonyl (C=O) groups excluding carboxylic acids is 1. The second-order valence-electron chi connectivity index (χ2n) is 6.35. The Morgan fingerprint density at radius 3 is 2.63 bits per heavy atom. The van der Waals surface area contributed by atoms with E-state index in [2.05, 4.69) is 4.99 Å². The lowest BCUT2D eigenvalue weighted by atomic mass is 10.1. The number of aliphatic imine (C=N–C) groups is 1. The smallest absolute Gasteiger partial charge is 0.343 e. The number of carbonyl (C=O) groups is 1. The molecule has 3 rings (SSSR count). The van der Waals surface area contributed by atoms with Crippen LogP contribution < -0.4 is 0 Å². The highest BCUT2D eigenvalue weighted by molar-refractivity contribution is 6.22. The zero-order valence-corrected chi connectivity index (χ0v) is 15.8. The van der Waals surface area contributed by atoms with Crippen molar-refractivity contribution in [1.29, 1.82) is 0 Å². The van der Waals surface area contributed by atoms with Crippen molar-refractivity contribution >= 4 is 17.8 Å². The molecule has 2 N–H and O–H groups in total. The third-order valence-corrected chi connectivity index (χ3v) is 4.46. The highest BCUT2D eigenvalue weighted by Gasteiger charge is 2.28. The number of hydrogen-bond acceptors (Lipinski definition) is 5. The second kappa shape index (κ2) is 7.15. The van der Waals surface area contributed by atoms with E-state index >= 15 is 0 Å². The summed E-state index contributed by atoms with van der Waals surface area (Å²) in [6.07, 6.45) is 1.74. The molecule has 2 aromatic rings. The third kappa shape index (κ3) is 3.38. The lowest BCUT2D eigenvalue weighted by Crippen LogP contribution is -2.13. The van der Waals surface area contributed by atoms with Gasteiger partial charge in [-0.15, -0.1) is 0 Å². The van der Waals surface area contributed by atoms with Gasteiger partial charge in [0.1, 0.15) is 17.0 Å². The number of rotatable bonds is 4. The van der Waals surface area contributed by atoms with Gasteiger partial charge in [0.2, 0.25) is 0 Å². The van der Waals surface area contributed by atoms with Crippen LogP contribution >= 0.6 is 0 Å². The van der Waals surface area contributed by atoms with Crippen molar-refractivity contribution in [3.63, 3.8) is 0 Å². The molecule has 0 atom stereocenters. The summed E-state index contributed by atoms with van der Waals surface area (Å²) in [5.41, 5.74) is 4.45. The number of phenolic OH excluding ortho intramolecular Hbond substituents is 1. The van der Waals surface area contributed by atoms with Gasteiger partial charge in [-0.3, -0.25) is 0 Å². The number of esters is 1. The van der Waals surface area contributed by atoms with E-state index in [1.54, 1.807) is 38.1 Å². The SMILES string of the molecule is CCOC(=O)C1=C(O)/C(=C\c2cc(C)n(-c3cccc(O)c3)c2C)N=C1C. The minimum Gasteiger partial charge on any atom is -0.508 e. The zero-order valence-electron chi connectivity index (χ0n) is 15.8. The summed E-state index contributed by atoms with van der Waals surface area (Å²) >= 11 is 0. The summed E-state index contributed by atoms with van der Waals surface area (Å²) < 4.78 is 6.99. The maximum Gasteiger partial charge on any atom is 0.343 e. The van der Waals surface area contributed by atoms with Crippen LogP contribution in [0.15, 0.2) is 52.4 Å². The van der Waals surface area contributed by atoms with Crippen molar-refractivity contribution in [2.24, 2.45) is 4.99 Å². The molecule has 140 valence electrons. The molecule has 6 heteroatoms. The first kappa shape index (κ1) is 18.5. The molecule has 0 radical (unpaired) electrons. The van der Waals surface area contributed by atoms with Gasteiger partial charge in [-0.2, -0.15) is 0 Å². The van der Waals surface area contributed by atoms with Crippen molar-refractivity contribution in [2.75, 3.05) is 6.61 Å². The fourth-order valence-corrected chi connectivity index (χ4v) is 3.25. The molecule has 0 unspecified atom stereocenters. The van der Waals surface area contributed by atoms with Gasteiger partial charge in [0.15, 0.2) is 5.76 Å². The molecule has 0 saturated carbocycles. The lowest BCUT2D eigenvalue weighted by molar-refractivity contribution is -0.138. The normalized spacial score (nSPS) is 15.4. The van der Waals surface area contributed by atoms with Gasteiger partial charge in [-0.1, -0.05) is 6.07 Å². The van der Waals surface area contributed by atoms with Crippen LogP contribution in [0.25, 0.3) is 11.8 Å². The van der Waals surface area contributed by atoms with Crippen LogP contribution in [0.2, 0.25) is 0 Å². The van der Waals surface area contributed by atoms with Crippen LogP contribution in [0.5, 0.6) is 5.75 Å². The fourth-order valence-electron chi connectivity index (χ4n) is 3.25. The quantitative estimate of drug-likeness (QED) is 0.802. The number of aliphatic hydroxyl groups is 1. The van der Waals surface area contributed by atoms with E-state index < -0.39 is 5.97 Å². The maximum atomic E-state index is 12.0. The molecule has 0 spiro atoms. The Morgan fingerprint density at radius 1 is 1.22 bits per heavy atom. The van der Waals surface area contributed by atoms with Crippen LogP contribution in [-0.4, -0.2) is 33.1 Å². The molecule has 1 aliphatic heterocycles. The largest absolute Gasteiger partial charge is 0.508 e. The molecule has 0 fully saturated rings. The molecule has 6 nitrogen and oxygen atoms in total. The number of benzene rings is 1. The number of hydrogen-bond donors (Lipinski definition) is 2. The molecule has 1 aromatic heterocycles. The highest BCUT2D eigenvalue weighted by atomic mass is 16.5. The summed E-state index contributed by atoms with van der Waals surface area (Å²) in [5, 5.41) is 20.2. The molecule has 2 heterocycles. The number of aromatic hydroxyl groups is 1. The molecular weight excluding hydrogens is 344 g/mol. The topological polar surface area (TPSA) is 84.0 Å². The summed E-state index contributed by atoms with van der Waals surface area (Å²) in [7, 11) is 0. The molecule has 1 aliphatic rings. The van der Waals surface area contributed by atoms with Gasteiger partial charge in [0.25, 0.3) is 0 Å². The number of ether oxygens (including phenoxy) is 1. The van der Waals surface area contributed by atoms with Gasteiger partial charge >= 0.3 is 5.97 Å². The molecule has 0 saturated heterocycles. The van der Waals surface area contributed by atoms with Crippen LogP contribution in [-0.2, 0) is 9.53 Å². The Labute approximate surface area is 157 Å². The van der Waals surface area contributed by atoms with Gasteiger partial charge in [0.05, 0.1) is 12.3 Å². The Kier molecular flexibility index (Phi) is 4.90. The van der Waals surface area contributed by atoms with Crippen LogP contribution in [0, 0.1) is 13.8 Å². The van der Waals surface area contributed by atoms with Crippen molar-refractivity contribution in [2.45, 2.75) is 27.7 Å². The maximum absolute atomic E-state index is 12.0. The van der Waals surface area contributed by atoms with Gasteiger partial charge in [-0.25, -0.2) is 9.79 Å². The predicted octanol–water partition coefficient (Wildman–Crippen LogP) is 3.99. The summed E-state index contributed by atoms with van der Waals surface area (Å²) in [4.78, 5) is 16.4. The molecular formula is C21H22N2O4. The molecule has 1 aromatic carbocycles. The molecule has 0 aliphatic carbocycles. The zero-order chi connectivity index (χ0) is 19.7. The fraction of sp³-hybridized carbons (Fsp3) is 0.238. The van der Waals surface area contributed by atoms with Crippen LogP contribution in [0.4, 0.5) is 0 Å². The standard InChI is InChI=1S/C21H22N2O4/c1-5-27-21(26)19-13(3)22-18(20(19)25)10-15-9-12(2)23(14(15)4)16-7-6-8-17(24)11-16/h6-11,24-25H,5H2,1-4H3/b18-10+. The van der Waals surface area contributed by atoms with E-state index in [-0.39, 0.29) is 23.7 Å². The summed E-state index contributed by atoms with van der Waals surface area (Å²) in [6.45, 7) is 7.51. The van der Waals surface area contributed by atoms with E-state index in [1.807, 2.05) is 30.5 Å². The predicted molar refractivity (Wildman–Crippen MR) is 104 cm³/mol. The Morgan fingerprint density at radius 2 is 1.96 bits per heavy atom. The Balaban J connectivity index is 2.04. The first-order valence-electron chi connectivity index (χ1n) is 8.70. The summed E-state index contributed by atoms with van der Waals surface area (Å²) in [5.74, 6) is -0.562.